The summed E-state index contributed by atoms with van der Waals surface area (Å²) < 4.78 is 5.17. The van der Waals surface area contributed by atoms with E-state index in [2.05, 4.69) is 5.32 Å². The maximum atomic E-state index is 12.0. The van der Waals surface area contributed by atoms with Crippen molar-refractivity contribution in [2.75, 3.05) is 12.4 Å². The number of nitrogens with one attached hydrogen (secondary N) is 1. The van der Waals surface area contributed by atoms with Gasteiger partial charge in [0.1, 0.15) is 12.0 Å². The zero-order valence-corrected chi connectivity index (χ0v) is 12.5. The Balaban J connectivity index is 2.11. The smallest absolute Gasteiger partial charge is 0.248 e. The van der Waals surface area contributed by atoms with E-state index in [9.17, 15) is 9.59 Å². The van der Waals surface area contributed by atoms with Gasteiger partial charge in [-0.15, -0.1) is 0 Å². The Bertz CT molecular complexity index is 703. The van der Waals surface area contributed by atoms with E-state index < -0.39 is 0 Å². The van der Waals surface area contributed by atoms with Gasteiger partial charge in [-0.25, -0.2) is 0 Å². The number of carbonyl (C=O) groups is 2. The van der Waals surface area contributed by atoms with Crippen molar-refractivity contribution >= 4 is 24.0 Å². The number of ether oxygens (including phenoxy) is 1. The van der Waals surface area contributed by atoms with Crippen molar-refractivity contribution in [2.45, 2.75) is 6.92 Å². The Morgan fingerprint density at radius 3 is 2.41 bits per heavy atom. The van der Waals surface area contributed by atoms with Gasteiger partial charge in [0.05, 0.1) is 12.8 Å². The average Bonchev–Trinajstić information content (AvgIpc) is 2.54. The number of amides is 1. The van der Waals surface area contributed by atoms with Gasteiger partial charge in [0.2, 0.25) is 5.91 Å². The molecule has 0 saturated carbocycles. The molecular formula is C18H17NO3. The van der Waals surface area contributed by atoms with Gasteiger partial charge in [0, 0.05) is 11.6 Å². The molecule has 0 heterocycles. The summed E-state index contributed by atoms with van der Waals surface area (Å²) >= 11 is 0. The molecular weight excluding hydrogens is 278 g/mol. The zero-order chi connectivity index (χ0) is 15.9. The van der Waals surface area contributed by atoms with Gasteiger partial charge < -0.3 is 10.1 Å². The Labute approximate surface area is 129 Å². The number of hydrogen-bond donors (Lipinski definition) is 1. The molecule has 4 nitrogen and oxygen atoms in total. The van der Waals surface area contributed by atoms with E-state index in [1.165, 1.54) is 13.2 Å². The first-order valence-corrected chi connectivity index (χ1v) is 6.81. The lowest BCUT2D eigenvalue weighted by Gasteiger charge is -2.09. The van der Waals surface area contributed by atoms with Crippen LogP contribution in [-0.4, -0.2) is 19.3 Å². The van der Waals surface area contributed by atoms with Gasteiger partial charge in [0.15, 0.2) is 0 Å². The summed E-state index contributed by atoms with van der Waals surface area (Å²) in [7, 11) is 1.51. The highest BCUT2D eigenvalue weighted by molar-refractivity contribution is 6.03. The van der Waals surface area contributed by atoms with Gasteiger partial charge in [-0.1, -0.05) is 29.8 Å². The summed E-state index contributed by atoms with van der Waals surface area (Å²) in [6.07, 6.45) is 3.89. The second-order valence-corrected chi connectivity index (χ2v) is 4.81. The van der Waals surface area contributed by atoms with Crippen molar-refractivity contribution in [3.8, 4) is 5.75 Å². The number of aldehydes is 1. The molecule has 2 rings (SSSR count). The van der Waals surface area contributed by atoms with Crippen LogP contribution < -0.4 is 10.1 Å². The fourth-order valence-corrected chi connectivity index (χ4v) is 1.92. The van der Waals surface area contributed by atoms with Gasteiger partial charge in [-0.3, -0.25) is 9.59 Å². The Kier molecular flexibility index (Phi) is 5.09. The average molecular weight is 295 g/mol. The van der Waals surface area contributed by atoms with Crippen molar-refractivity contribution < 1.29 is 14.3 Å². The second-order valence-electron chi connectivity index (χ2n) is 4.81. The number of hydrogen-bond acceptors (Lipinski definition) is 3. The van der Waals surface area contributed by atoms with Crippen LogP contribution in [0.5, 0.6) is 5.75 Å². The monoisotopic (exact) mass is 295 g/mol. The van der Waals surface area contributed by atoms with Gasteiger partial charge in [0.25, 0.3) is 0 Å². The number of benzene rings is 2. The molecule has 2 aromatic rings. The van der Waals surface area contributed by atoms with Crippen molar-refractivity contribution in [3.05, 3.63) is 65.2 Å². The maximum Gasteiger partial charge on any atom is 0.248 e. The summed E-state index contributed by atoms with van der Waals surface area (Å²) in [6, 6.07) is 12.7. The molecule has 0 aliphatic heterocycles. The van der Waals surface area contributed by atoms with E-state index in [1.54, 1.807) is 24.3 Å². The molecule has 0 aliphatic rings. The highest BCUT2D eigenvalue weighted by Crippen LogP contribution is 2.24. The van der Waals surface area contributed by atoms with E-state index in [0.29, 0.717) is 17.0 Å². The molecule has 0 atom stereocenters. The minimum atomic E-state index is -0.290. The van der Waals surface area contributed by atoms with Gasteiger partial charge >= 0.3 is 0 Å². The zero-order valence-electron chi connectivity index (χ0n) is 12.5. The summed E-state index contributed by atoms with van der Waals surface area (Å²) in [6.45, 7) is 2.01. The molecule has 2 aromatic carbocycles. The lowest BCUT2D eigenvalue weighted by molar-refractivity contribution is -0.111. The number of anilines is 1. The molecule has 0 aliphatic carbocycles. The van der Waals surface area contributed by atoms with Crippen molar-refractivity contribution in [3.63, 3.8) is 0 Å². The standard InChI is InChI=1S/C18H17NO3/c1-13-3-5-14(6-4-13)8-10-18(21)19-16-11-15(12-20)7-9-17(16)22-2/h3-12H,1-2H3,(H,19,21)/b10-8+. The first-order valence-electron chi connectivity index (χ1n) is 6.81. The SMILES string of the molecule is COc1ccc(C=O)cc1NC(=O)/C=C/c1ccc(C)cc1. The molecule has 0 fully saturated rings. The molecule has 0 spiro atoms. The van der Waals surface area contributed by atoms with Crippen molar-refractivity contribution in [2.24, 2.45) is 0 Å². The Morgan fingerprint density at radius 2 is 1.77 bits per heavy atom. The first kappa shape index (κ1) is 15.5. The Hall–Kier alpha value is -2.88. The van der Waals surface area contributed by atoms with Gasteiger partial charge in [-0.05, 0) is 36.8 Å². The van der Waals surface area contributed by atoms with Crippen molar-refractivity contribution in [1.82, 2.24) is 0 Å². The summed E-state index contributed by atoms with van der Waals surface area (Å²) in [4.78, 5) is 22.8. The number of methoxy groups -OCH3 is 1. The number of carbonyl (C=O) groups excluding carboxylic acids is 2. The minimum Gasteiger partial charge on any atom is -0.495 e. The van der Waals surface area contributed by atoms with E-state index in [4.69, 9.17) is 4.74 Å². The van der Waals surface area contributed by atoms with E-state index >= 15 is 0 Å². The predicted octanol–water partition coefficient (Wildman–Crippen LogP) is 3.47. The van der Waals surface area contributed by atoms with E-state index in [-0.39, 0.29) is 5.91 Å². The van der Waals surface area contributed by atoms with Gasteiger partial charge in [-0.2, -0.15) is 0 Å². The molecule has 22 heavy (non-hydrogen) atoms. The van der Waals surface area contributed by atoms with Crippen molar-refractivity contribution in [1.29, 1.82) is 0 Å². The minimum absolute atomic E-state index is 0.290. The van der Waals surface area contributed by atoms with E-state index in [1.807, 2.05) is 31.2 Å². The molecule has 1 amide bonds. The highest BCUT2D eigenvalue weighted by atomic mass is 16.5. The highest BCUT2D eigenvalue weighted by Gasteiger charge is 2.06. The van der Waals surface area contributed by atoms with Crippen LogP contribution in [0.25, 0.3) is 6.08 Å². The van der Waals surface area contributed by atoms with Crippen LogP contribution >= 0.6 is 0 Å². The van der Waals surface area contributed by atoms with Crippen LogP contribution in [0.1, 0.15) is 21.5 Å². The lowest BCUT2D eigenvalue weighted by atomic mass is 10.1. The molecule has 112 valence electrons. The third-order valence-electron chi connectivity index (χ3n) is 3.12. The Morgan fingerprint density at radius 1 is 1.09 bits per heavy atom. The molecule has 4 heteroatoms. The van der Waals surface area contributed by atoms with Crippen LogP contribution in [0, 0.1) is 6.92 Å². The molecule has 0 unspecified atom stereocenters. The van der Waals surface area contributed by atoms with Crippen LogP contribution in [0.4, 0.5) is 5.69 Å². The summed E-state index contributed by atoms with van der Waals surface area (Å²) in [5, 5.41) is 2.71. The molecule has 0 bridgehead atoms. The number of aryl methyl sites for hydroxylation is 1. The first-order chi connectivity index (χ1) is 10.6. The van der Waals surface area contributed by atoms with Crippen LogP contribution in [0.2, 0.25) is 0 Å². The largest absolute Gasteiger partial charge is 0.495 e. The quantitative estimate of drug-likeness (QED) is 0.679. The molecule has 1 N–H and O–H groups in total. The molecule has 0 aromatic heterocycles. The van der Waals surface area contributed by atoms with Crippen LogP contribution in [0.3, 0.4) is 0 Å². The molecule has 0 saturated heterocycles. The lowest BCUT2D eigenvalue weighted by Crippen LogP contribution is -2.09. The topological polar surface area (TPSA) is 55.4 Å². The third kappa shape index (κ3) is 4.06. The summed E-state index contributed by atoms with van der Waals surface area (Å²) in [5.74, 6) is 0.213. The van der Waals surface area contributed by atoms with E-state index in [0.717, 1.165) is 17.4 Å². The fraction of sp³-hybridized carbons (Fsp3) is 0.111. The molecule has 0 radical (unpaired) electrons. The normalized spacial score (nSPS) is 10.5. The van der Waals surface area contributed by atoms with Crippen LogP contribution in [0.15, 0.2) is 48.5 Å². The fourth-order valence-electron chi connectivity index (χ4n) is 1.92. The maximum absolute atomic E-state index is 12.0. The second kappa shape index (κ2) is 7.22. The number of rotatable bonds is 5. The summed E-state index contributed by atoms with van der Waals surface area (Å²) in [5.41, 5.74) is 3.04. The predicted molar refractivity (Wildman–Crippen MR) is 87.2 cm³/mol. The van der Waals surface area contributed by atoms with Crippen LogP contribution in [-0.2, 0) is 4.79 Å². The third-order valence-corrected chi connectivity index (χ3v) is 3.12.